The smallest absolute Gasteiger partial charge is 0.191 e. The SMILES string of the molecule is CC(C)(O)C#C[C@@H](O)CCO[Si](C)(C)C(C)(C)C. The van der Waals surface area contributed by atoms with Crippen LogP contribution in [0.15, 0.2) is 0 Å². The van der Waals surface area contributed by atoms with Gasteiger partial charge < -0.3 is 14.6 Å². The number of hydrogen-bond donors (Lipinski definition) is 2. The minimum Gasteiger partial charge on any atom is -0.417 e. The number of hydrogen-bond acceptors (Lipinski definition) is 3. The first-order chi connectivity index (χ1) is 7.85. The summed E-state index contributed by atoms with van der Waals surface area (Å²) in [6.45, 7) is 14.6. The first-order valence-corrected chi connectivity index (χ1v) is 9.33. The van der Waals surface area contributed by atoms with Crippen LogP contribution in [0.3, 0.4) is 0 Å². The Morgan fingerprint density at radius 2 is 1.67 bits per heavy atom. The fourth-order valence-electron chi connectivity index (χ4n) is 0.974. The Morgan fingerprint density at radius 1 is 1.17 bits per heavy atom. The van der Waals surface area contributed by atoms with E-state index in [1.165, 1.54) is 0 Å². The molecule has 4 heteroatoms. The monoisotopic (exact) mass is 272 g/mol. The summed E-state index contributed by atoms with van der Waals surface area (Å²) in [5.74, 6) is 5.25. The summed E-state index contributed by atoms with van der Waals surface area (Å²) in [6, 6.07) is 0. The molecule has 3 nitrogen and oxygen atoms in total. The first-order valence-electron chi connectivity index (χ1n) is 6.42. The highest BCUT2D eigenvalue weighted by Crippen LogP contribution is 2.36. The van der Waals surface area contributed by atoms with Gasteiger partial charge in [0.05, 0.1) is 0 Å². The lowest BCUT2D eigenvalue weighted by Gasteiger charge is -2.36. The zero-order valence-corrected chi connectivity index (χ0v) is 13.8. The van der Waals surface area contributed by atoms with Crippen molar-refractivity contribution in [3.8, 4) is 11.8 Å². The molecular weight excluding hydrogens is 244 g/mol. The Morgan fingerprint density at radius 3 is 2.06 bits per heavy atom. The molecule has 0 heterocycles. The molecule has 0 unspecified atom stereocenters. The Labute approximate surface area is 113 Å². The van der Waals surface area contributed by atoms with Gasteiger partial charge in [-0.15, -0.1) is 0 Å². The highest BCUT2D eigenvalue weighted by atomic mass is 28.4. The van der Waals surface area contributed by atoms with E-state index in [0.717, 1.165) is 0 Å². The fraction of sp³-hybridized carbons (Fsp3) is 0.857. The summed E-state index contributed by atoms with van der Waals surface area (Å²) < 4.78 is 5.95. The van der Waals surface area contributed by atoms with E-state index in [0.29, 0.717) is 13.0 Å². The lowest BCUT2D eigenvalue weighted by molar-refractivity contribution is 0.141. The van der Waals surface area contributed by atoms with Gasteiger partial charge >= 0.3 is 0 Å². The van der Waals surface area contributed by atoms with E-state index in [9.17, 15) is 10.2 Å². The van der Waals surface area contributed by atoms with Crippen LogP contribution in [-0.2, 0) is 4.43 Å². The van der Waals surface area contributed by atoms with Gasteiger partial charge in [-0.05, 0) is 32.0 Å². The molecule has 0 aliphatic rings. The summed E-state index contributed by atoms with van der Waals surface area (Å²) >= 11 is 0. The molecule has 106 valence electrons. The number of aliphatic hydroxyl groups is 2. The average molecular weight is 272 g/mol. The zero-order chi connectivity index (χ0) is 14.6. The molecule has 0 aromatic heterocycles. The van der Waals surface area contributed by atoms with Crippen molar-refractivity contribution in [2.75, 3.05) is 6.61 Å². The molecule has 1 atom stereocenters. The molecule has 2 N–H and O–H groups in total. The third-order valence-corrected chi connectivity index (χ3v) is 7.74. The van der Waals surface area contributed by atoms with Gasteiger partial charge in [0, 0.05) is 13.0 Å². The van der Waals surface area contributed by atoms with Crippen LogP contribution < -0.4 is 0 Å². The summed E-state index contributed by atoms with van der Waals surface area (Å²) in [6.07, 6.45) is -0.253. The molecule has 0 aliphatic carbocycles. The molecule has 0 radical (unpaired) electrons. The average Bonchev–Trinajstić information content (AvgIpc) is 2.11. The van der Waals surface area contributed by atoms with Crippen LogP contribution in [0.2, 0.25) is 18.1 Å². The van der Waals surface area contributed by atoms with E-state index in [4.69, 9.17) is 4.43 Å². The van der Waals surface area contributed by atoms with Gasteiger partial charge in [0.25, 0.3) is 0 Å². The summed E-state index contributed by atoms with van der Waals surface area (Å²) in [5.41, 5.74) is -1.05. The molecule has 0 fully saturated rings. The second kappa shape index (κ2) is 6.20. The summed E-state index contributed by atoms with van der Waals surface area (Å²) in [7, 11) is -1.74. The normalized spacial score (nSPS) is 14.9. The molecule has 0 aromatic carbocycles. The molecule has 18 heavy (non-hydrogen) atoms. The van der Waals surface area contributed by atoms with E-state index in [-0.39, 0.29) is 5.04 Å². The fourth-order valence-corrected chi connectivity index (χ4v) is 2.04. The van der Waals surface area contributed by atoms with Gasteiger partial charge in [0.1, 0.15) is 11.7 Å². The predicted octanol–water partition coefficient (Wildman–Crippen LogP) is 2.53. The molecule has 0 rings (SSSR count). The van der Waals surface area contributed by atoms with E-state index in [1.54, 1.807) is 13.8 Å². The van der Waals surface area contributed by atoms with Gasteiger partial charge in [-0.3, -0.25) is 0 Å². The second-order valence-corrected chi connectivity index (χ2v) is 11.6. The Balaban J connectivity index is 4.17. The van der Waals surface area contributed by atoms with Gasteiger partial charge in [0.2, 0.25) is 0 Å². The lowest BCUT2D eigenvalue weighted by atomic mass is 10.1. The number of rotatable bonds is 4. The van der Waals surface area contributed by atoms with Crippen LogP contribution in [0, 0.1) is 11.8 Å². The second-order valence-electron chi connectivity index (χ2n) is 6.74. The predicted molar refractivity (Wildman–Crippen MR) is 77.8 cm³/mol. The van der Waals surface area contributed by atoms with Crippen molar-refractivity contribution in [1.82, 2.24) is 0 Å². The largest absolute Gasteiger partial charge is 0.417 e. The molecule has 0 saturated heterocycles. The quantitative estimate of drug-likeness (QED) is 0.611. The minimum absolute atomic E-state index is 0.177. The van der Waals surface area contributed by atoms with E-state index >= 15 is 0 Å². The topological polar surface area (TPSA) is 49.7 Å². The van der Waals surface area contributed by atoms with Crippen molar-refractivity contribution in [3.63, 3.8) is 0 Å². The Kier molecular flexibility index (Phi) is 6.08. The molecule has 0 aliphatic heterocycles. The maximum absolute atomic E-state index is 9.66. The minimum atomic E-state index is -1.74. The highest BCUT2D eigenvalue weighted by molar-refractivity contribution is 6.74. The van der Waals surface area contributed by atoms with Crippen molar-refractivity contribution in [2.24, 2.45) is 0 Å². The third kappa shape index (κ3) is 7.17. The van der Waals surface area contributed by atoms with Crippen LogP contribution in [0.5, 0.6) is 0 Å². The number of aliphatic hydroxyl groups excluding tert-OH is 1. The van der Waals surface area contributed by atoms with Gasteiger partial charge in [-0.2, -0.15) is 0 Å². The zero-order valence-electron chi connectivity index (χ0n) is 12.8. The summed E-state index contributed by atoms with van der Waals surface area (Å²) in [4.78, 5) is 0. The van der Waals surface area contributed by atoms with Crippen LogP contribution in [-0.4, -0.2) is 36.8 Å². The Bertz CT molecular complexity index is 313. The maximum Gasteiger partial charge on any atom is 0.191 e. The molecule has 0 amide bonds. The first kappa shape index (κ1) is 17.7. The molecular formula is C14H28O3Si. The van der Waals surface area contributed by atoms with Crippen molar-refractivity contribution in [3.05, 3.63) is 0 Å². The van der Waals surface area contributed by atoms with Crippen LogP contribution in [0.4, 0.5) is 0 Å². The van der Waals surface area contributed by atoms with E-state index in [2.05, 4.69) is 45.7 Å². The standard InChI is InChI=1S/C14H28O3Si/c1-13(2,3)18(6,7)17-11-9-12(15)8-10-14(4,5)16/h12,15-16H,9,11H2,1-7H3/t12-/m1/s1. The van der Waals surface area contributed by atoms with Gasteiger partial charge in [-0.25, -0.2) is 0 Å². The van der Waals surface area contributed by atoms with Gasteiger partial charge in [-0.1, -0.05) is 32.6 Å². The van der Waals surface area contributed by atoms with Crippen LogP contribution in [0.25, 0.3) is 0 Å². The lowest BCUT2D eigenvalue weighted by Crippen LogP contribution is -2.41. The van der Waals surface area contributed by atoms with Gasteiger partial charge in [0.15, 0.2) is 8.32 Å². The molecule has 0 aromatic rings. The third-order valence-electron chi connectivity index (χ3n) is 3.21. The van der Waals surface area contributed by atoms with Crippen molar-refractivity contribution >= 4 is 8.32 Å². The molecule has 0 bridgehead atoms. The van der Waals surface area contributed by atoms with E-state index in [1.807, 2.05) is 0 Å². The van der Waals surface area contributed by atoms with Crippen molar-refractivity contribution in [2.45, 2.75) is 70.9 Å². The van der Waals surface area contributed by atoms with Crippen molar-refractivity contribution in [1.29, 1.82) is 0 Å². The molecule has 0 spiro atoms. The van der Waals surface area contributed by atoms with E-state index < -0.39 is 20.0 Å². The van der Waals surface area contributed by atoms with Crippen LogP contribution >= 0.6 is 0 Å². The highest BCUT2D eigenvalue weighted by Gasteiger charge is 2.36. The van der Waals surface area contributed by atoms with Crippen LogP contribution in [0.1, 0.15) is 41.0 Å². The summed E-state index contributed by atoms with van der Waals surface area (Å²) in [5, 5.41) is 19.3. The molecule has 0 saturated carbocycles. The Hall–Kier alpha value is -0.343. The maximum atomic E-state index is 9.66. The van der Waals surface area contributed by atoms with Crippen molar-refractivity contribution < 1.29 is 14.6 Å².